The van der Waals surface area contributed by atoms with E-state index < -0.39 is 5.97 Å². The number of hydrogen-bond acceptors (Lipinski definition) is 4. The van der Waals surface area contributed by atoms with Crippen LogP contribution in [0.15, 0.2) is 18.2 Å². The van der Waals surface area contributed by atoms with E-state index in [1.54, 1.807) is 6.07 Å². The molecule has 126 valence electrons. The van der Waals surface area contributed by atoms with Gasteiger partial charge in [-0.25, -0.2) is 4.79 Å². The molecule has 1 amide bonds. The van der Waals surface area contributed by atoms with Crippen molar-refractivity contribution in [3.8, 4) is 0 Å². The van der Waals surface area contributed by atoms with Crippen LogP contribution in [0.3, 0.4) is 0 Å². The third-order valence-electron chi connectivity index (χ3n) is 4.10. The highest BCUT2D eigenvalue weighted by molar-refractivity contribution is 6.29. The van der Waals surface area contributed by atoms with Crippen LogP contribution in [0, 0.1) is 0 Å². The lowest BCUT2D eigenvalue weighted by Gasteiger charge is -2.24. The van der Waals surface area contributed by atoms with Crippen molar-refractivity contribution >= 4 is 34.9 Å². The molecule has 1 aliphatic heterocycles. The molecule has 1 atom stereocenters. The number of carboxylic acids is 1. The molecule has 0 unspecified atom stereocenters. The predicted molar refractivity (Wildman–Crippen MR) is 91.5 cm³/mol. The van der Waals surface area contributed by atoms with Crippen molar-refractivity contribution in [1.82, 2.24) is 4.90 Å². The second kappa shape index (κ2) is 8.17. The molecule has 0 bridgehead atoms. The van der Waals surface area contributed by atoms with E-state index in [0.717, 1.165) is 19.5 Å². The Bertz CT molecular complexity index is 580. The van der Waals surface area contributed by atoms with Gasteiger partial charge in [-0.2, -0.15) is 0 Å². The Kier molecular flexibility index (Phi) is 6.24. The molecule has 3 N–H and O–H groups in total. The van der Waals surface area contributed by atoms with Gasteiger partial charge in [-0.05, 0) is 44.1 Å². The van der Waals surface area contributed by atoms with E-state index in [4.69, 9.17) is 16.7 Å². The van der Waals surface area contributed by atoms with Crippen molar-refractivity contribution in [3.05, 3.63) is 23.8 Å². The fourth-order valence-corrected chi connectivity index (χ4v) is 2.95. The first kappa shape index (κ1) is 17.6. The van der Waals surface area contributed by atoms with Gasteiger partial charge in [0.25, 0.3) is 0 Å². The van der Waals surface area contributed by atoms with Crippen molar-refractivity contribution in [3.63, 3.8) is 0 Å². The lowest BCUT2D eigenvalue weighted by atomic mass is 10.1. The molecule has 6 nitrogen and oxygen atoms in total. The highest BCUT2D eigenvalue weighted by atomic mass is 35.5. The highest BCUT2D eigenvalue weighted by Gasteiger charge is 2.23. The number of carbonyl (C=O) groups excluding carboxylic acids is 1. The summed E-state index contributed by atoms with van der Waals surface area (Å²) in [5.41, 5.74) is 1.32. The van der Waals surface area contributed by atoms with Gasteiger partial charge in [0.15, 0.2) is 0 Å². The number of anilines is 2. The number of likely N-dealkylation sites (tertiary alicyclic amines) is 1. The summed E-state index contributed by atoms with van der Waals surface area (Å²) in [7, 11) is 0. The third kappa shape index (κ3) is 4.59. The minimum atomic E-state index is -1.00. The molecule has 0 spiro atoms. The standard InChI is InChI=1S/C16H22ClN3O3/c1-2-20-7-3-4-12(20)10-18-14-8-11(16(22)23)5-6-13(14)19-15(21)9-17/h5-6,8,12,18H,2-4,7,9-10H2,1H3,(H,19,21)(H,22,23)/t12-/m0/s1. The molecule has 2 rings (SSSR count). The number of aromatic carboxylic acids is 1. The molecule has 1 aliphatic rings. The maximum absolute atomic E-state index is 11.5. The summed E-state index contributed by atoms with van der Waals surface area (Å²) < 4.78 is 0. The van der Waals surface area contributed by atoms with E-state index in [9.17, 15) is 9.59 Å². The summed E-state index contributed by atoms with van der Waals surface area (Å²) in [5, 5.41) is 15.1. The first-order chi connectivity index (χ1) is 11.0. The molecule has 23 heavy (non-hydrogen) atoms. The van der Waals surface area contributed by atoms with E-state index in [-0.39, 0.29) is 17.4 Å². The number of hydrogen-bond donors (Lipinski definition) is 3. The van der Waals surface area contributed by atoms with Crippen LogP contribution in [-0.4, -0.2) is 53.4 Å². The number of nitrogens with zero attached hydrogens (tertiary/aromatic N) is 1. The van der Waals surface area contributed by atoms with Gasteiger partial charge in [0.05, 0.1) is 16.9 Å². The van der Waals surface area contributed by atoms with E-state index in [0.29, 0.717) is 24.0 Å². The number of benzene rings is 1. The summed E-state index contributed by atoms with van der Waals surface area (Å²) in [5.74, 6) is -1.47. The molecular weight excluding hydrogens is 318 g/mol. The maximum Gasteiger partial charge on any atom is 0.335 e. The first-order valence-electron chi connectivity index (χ1n) is 7.76. The van der Waals surface area contributed by atoms with Crippen LogP contribution in [0.2, 0.25) is 0 Å². The van der Waals surface area contributed by atoms with Crippen LogP contribution in [0.25, 0.3) is 0 Å². The molecule has 0 saturated carbocycles. The largest absolute Gasteiger partial charge is 0.478 e. The van der Waals surface area contributed by atoms with Crippen LogP contribution >= 0.6 is 11.6 Å². The van der Waals surface area contributed by atoms with Gasteiger partial charge in [-0.15, -0.1) is 11.6 Å². The maximum atomic E-state index is 11.5. The number of carboxylic acid groups (broad SMARTS) is 1. The lowest BCUT2D eigenvalue weighted by molar-refractivity contribution is -0.113. The number of rotatable bonds is 7. The summed E-state index contributed by atoms with van der Waals surface area (Å²) in [4.78, 5) is 25.1. The second-order valence-corrected chi connectivity index (χ2v) is 5.82. The van der Waals surface area contributed by atoms with Gasteiger partial charge in [-0.1, -0.05) is 6.92 Å². The van der Waals surface area contributed by atoms with Crippen molar-refractivity contribution in [2.45, 2.75) is 25.8 Å². The van der Waals surface area contributed by atoms with Crippen LogP contribution < -0.4 is 10.6 Å². The molecule has 1 aromatic rings. The third-order valence-corrected chi connectivity index (χ3v) is 4.34. The van der Waals surface area contributed by atoms with Crippen molar-refractivity contribution in [1.29, 1.82) is 0 Å². The zero-order valence-electron chi connectivity index (χ0n) is 13.1. The van der Waals surface area contributed by atoms with Crippen LogP contribution in [0.1, 0.15) is 30.1 Å². The topological polar surface area (TPSA) is 81.7 Å². The summed E-state index contributed by atoms with van der Waals surface area (Å²) in [6.45, 7) is 4.93. The van der Waals surface area contributed by atoms with Gasteiger partial charge in [0.1, 0.15) is 5.88 Å². The van der Waals surface area contributed by atoms with Crippen LogP contribution in [0.4, 0.5) is 11.4 Å². The van der Waals surface area contributed by atoms with E-state index in [1.165, 1.54) is 18.6 Å². The zero-order valence-corrected chi connectivity index (χ0v) is 13.9. The lowest BCUT2D eigenvalue weighted by Crippen LogP contribution is -2.34. The van der Waals surface area contributed by atoms with Crippen LogP contribution in [-0.2, 0) is 4.79 Å². The Morgan fingerprint density at radius 2 is 2.17 bits per heavy atom. The summed E-state index contributed by atoms with van der Waals surface area (Å²) >= 11 is 5.52. The minimum Gasteiger partial charge on any atom is -0.478 e. The predicted octanol–water partition coefficient (Wildman–Crippen LogP) is 2.46. The van der Waals surface area contributed by atoms with Crippen molar-refractivity contribution < 1.29 is 14.7 Å². The molecule has 1 aromatic carbocycles. The number of nitrogens with one attached hydrogen (secondary N) is 2. The van der Waals surface area contributed by atoms with Gasteiger partial charge in [-0.3, -0.25) is 9.69 Å². The second-order valence-electron chi connectivity index (χ2n) is 5.55. The van der Waals surface area contributed by atoms with Crippen LogP contribution in [0.5, 0.6) is 0 Å². The SMILES string of the molecule is CCN1CCC[C@H]1CNc1cc(C(=O)O)ccc1NC(=O)CCl. The van der Waals surface area contributed by atoms with Gasteiger partial charge in [0.2, 0.25) is 5.91 Å². The van der Waals surface area contributed by atoms with Gasteiger partial charge in [0, 0.05) is 12.6 Å². The molecule has 1 fully saturated rings. The summed E-state index contributed by atoms with van der Waals surface area (Å²) in [6.07, 6.45) is 2.29. The van der Waals surface area contributed by atoms with Crippen molar-refractivity contribution in [2.24, 2.45) is 0 Å². The monoisotopic (exact) mass is 339 g/mol. The number of likely N-dealkylation sites (N-methyl/N-ethyl adjacent to an activating group) is 1. The molecule has 0 aromatic heterocycles. The molecule has 0 aliphatic carbocycles. The highest BCUT2D eigenvalue weighted by Crippen LogP contribution is 2.25. The number of carbonyl (C=O) groups is 2. The van der Waals surface area contributed by atoms with E-state index >= 15 is 0 Å². The van der Waals surface area contributed by atoms with Crippen molar-refractivity contribution in [2.75, 3.05) is 36.1 Å². The normalized spacial score (nSPS) is 17.9. The smallest absolute Gasteiger partial charge is 0.335 e. The Labute approximate surface area is 140 Å². The number of alkyl halides is 1. The van der Waals surface area contributed by atoms with Gasteiger partial charge >= 0.3 is 5.97 Å². The summed E-state index contributed by atoms with van der Waals surface area (Å²) in [6, 6.07) is 5.01. The molecule has 0 radical (unpaired) electrons. The molecule has 1 heterocycles. The Morgan fingerprint density at radius 1 is 1.39 bits per heavy atom. The molecule has 7 heteroatoms. The fourth-order valence-electron chi connectivity index (χ4n) is 2.89. The minimum absolute atomic E-state index is 0.146. The fraction of sp³-hybridized carbons (Fsp3) is 0.500. The average molecular weight is 340 g/mol. The zero-order chi connectivity index (χ0) is 16.8. The number of halogens is 1. The Balaban J connectivity index is 2.14. The Hall–Kier alpha value is -1.79. The van der Waals surface area contributed by atoms with E-state index in [2.05, 4.69) is 22.5 Å². The van der Waals surface area contributed by atoms with Gasteiger partial charge < -0.3 is 15.7 Å². The quantitative estimate of drug-likeness (QED) is 0.665. The average Bonchev–Trinajstić information content (AvgIpc) is 3.01. The van der Waals surface area contributed by atoms with E-state index in [1.807, 2.05) is 0 Å². The molecule has 1 saturated heterocycles. The number of amides is 1. The molecular formula is C16H22ClN3O3. The Morgan fingerprint density at radius 3 is 2.83 bits per heavy atom. The first-order valence-corrected chi connectivity index (χ1v) is 8.29.